The van der Waals surface area contributed by atoms with Crippen molar-refractivity contribution in [3.8, 4) is 11.3 Å². The maximum absolute atomic E-state index is 14.8. The van der Waals surface area contributed by atoms with Crippen molar-refractivity contribution in [2.75, 3.05) is 25.5 Å². The van der Waals surface area contributed by atoms with Gasteiger partial charge in [-0.1, -0.05) is 18.2 Å². The van der Waals surface area contributed by atoms with Crippen molar-refractivity contribution in [1.29, 1.82) is 0 Å². The molecule has 0 bridgehead atoms. The largest absolute Gasteiger partial charge is 0.315 e. The Morgan fingerprint density at radius 1 is 1.24 bits per heavy atom. The average molecular weight is 394 g/mol. The minimum absolute atomic E-state index is 0.0376. The number of pyridine rings is 1. The van der Waals surface area contributed by atoms with E-state index in [0.717, 1.165) is 37.2 Å². The number of likely N-dealkylation sites (tertiary alicyclic amines) is 1. The van der Waals surface area contributed by atoms with Crippen LogP contribution in [-0.2, 0) is 11.3 Å². The van der Waals surface area contributed by atoms with Crippen molar-refractivity contribution < 1.29 is 9.18 Å². The third-order valence-corrected chi connectivity index (χ3v) is 5.65. The summed E-state index contributed by atoms with van der Waals surface area (Å²) in [4.78, 5) is 18.6. The van der Waals surface area contributed by atoms with Gasteiger partial charge in [-0.25, -0.2) is 8.91 Å². The molecule has 7 nitrogen and oxygen atoms in total. The lowest BCUT2D eigenvalue weighted by Crippen LogP contribution is -2.56. The first-order chi connectivity index (χ1) is 14.1. The Morgan fingerprint density at radius 2 is 2.07 bits per heavy atom. The molecular formula is C21H23FN6O. The van der Waals surface area contributed by atoms with E-state index in [9.17, 15) is 9.18 Å². The summed E-state index contributed by atoms with van der Waals surface area (Å²) < 4.78 is 16.4. The summed E-state index contributed by atoms with van der Waals surface area (Å²) in [7, 11) is 1.95. The molecule has 3 aromatic rings. The van der Waals surface area contributed by atoms with Gasteiger partial charge in [0, 0.05) is 42.7 Å². The van der Waals surface area contributed by atoms with Crippen molar-refractivity contribution in [1.82, 2.24) is 24.8 Å². The van der Waals surface area contributed by atoms with Crippen LogP contribution in [0.4, 0.5) is 10.3 Å². The van der Waals surface area contributed by atoms with Crippen LogP contribution in [0.25, 0.3) is 16.9 Å². The second-order valence-electron chi connectivity index (χ2n) is 7.87. The molecule has 2 aliphatic rings. The summed E-state index contributed by atoms with van der Waals surface area (Å²) in [5.41, 5.74) is 2.74. The van der Waals surface area contributed by atoms with E-state index in [0.29, 0.717) is 23.8 Å². The van der Waals surface area contributed by atoms with Crippen molar-refractivity contribution in [3.63, 3.8) is 0 Å². The van der Waals surface area contributed by atoms with E-state index in [1.54, 1.807) is 10.6 Å². The summed E-state index contributed by atoms with van der Waals surface area (Å²) in [5.74, 6) is 0.0972. The molecule has 3 heterocycles. The zero-order valence-corrected chi connectivity index (χ0v) is 16.2. The predicted octanol–water partition coefficient (Wildman–Crippen LogP) is 2.29. The summed E-state index contributed by atoms with van der Waals surface area (Å²) in [6, 6.07) is 11.3. The van der Waals surface area contributed by atoms with Crippen LogP contribution in [0.2, 0.25) is 0 Å². The zero-order chi connectivity index (χ0) is 20.0. The monoisotopic (exact) mass is 394 g/mol. The Bertz CT molecular complexity index is 1070. The van der Waals surface area contributed by atoms with Crippen LogP contribution < -0.4 is 10.6 Å². The minimum atomic E-state index is -0.227. The minimum Gasteiger partial charge on any atom is -0.315 e. The lowest BCUT2D eigenvalue weighted by atomic mass is 10.0. The molecule has 8 heteroatoms. The second kappa shape index (κ2) is 7.20. The highest BCUT2D eigenvalue weighted by atomic mass is 19.1. The molecule has 0 spiro atoms. The molecule has 29 heavy (non-hydrogen) atoms. The lowest BCUT2D eigenvalue weighted by molar-refractivity contribution is -0.117. The second-order valence-corrected chi connectivity index (χ2v) is 7.87. The summed E-state index contributed by atoms with van der Waals surface area (Å²) in [6.45, 7) is 2.48. The molecular weight excluding hydrogens is 371 g/mol. The van der Waals surface area contributed by atoms with Gasteiger partial charge in [0.2, 0.25) is 11.9 Å². The van der Waals surface area contributed by atoms with E-state index in [4.69, 9.17) is 0 Å². The molecule has 1 amide bonds. The number of rotatable bonds is 6. The molecule has 2 fully saturated rings. The number of hydrogen-bond donors (Lipinski definition) is 2. The van der Waals surface area contributed by atoms with Crippen molar-refractivity contribution in [2.45, 2.75) is 25.4 Å². The molecule has 2 N–H and O–H groups in total. The van der Waals surface area contributed by atoms with E-state index in [2.05, 4.69) is 25.6 Å². The number of hydrogen-bond acceptors (Lipinski definition) is 5. The van der Waals surface area contributed by atoms with Crippen molar-refractivity contribution in [3.05, 3.63) is 47.8 Å². The maximum Gasteiger partial charge on any atom is 0.249 e. The Morgan fingerprint density at radius 3 is 2.79 bits per heavy atom. The van der Waals surface area contributed by atoms with Crippen LogP contribution in [-0.4, -0.2) is 51.6 Å². The van der Waals surface area contributed by atoms with E-state index in [1.165, 1.54) is 0 Å². The van der Waals surface area contributed by atoms with E-state index >= 15 is 0 Å². The Hall–Kier alpha value is -2.84. The number of carbonyl (C=O) groups is 1. The number of benzene rings is 1. The Labute approximate surface area is 167 Å². The van der Waals surface area contributed by atoms with Gasteiger partial charge >= 0.3 is 0 Å². The van der Waals surface area contributed by atoms with Crippen molar-refractivity contribution in [2.24, 2.45) is 5.92 Å². The van der Waals surface area contributed by atoms with Gasteiger partial charge in [0.15, 0.2) is 5.65 Å². The van der Waals surface area contributed by atoms with Gasteiger partial charge < -0.3 is 5.32 Å². The van der Waals surface area contributed by atoms with E-state index in [-0.39, 0.29) is 23.6 Å². The van der Waals surface area contributed by atoms with Gasteiger partial charge in [0.1, 0.15) is 5.82 Å². The number of halogens is 1. The van der Waals surface area contributed by atoms with Crippen LogP contribution >= 0.6 is 0 Å². The fourth-order valence-corrected chi connectivity index (χ4v) is 3.69. The van der Waals surface area contributed by atoms with Gasteiger partial charge in [-0.2, -0.15) is 4.98 Å². The number of nitrogens with zero attached hydrogens (tertiary/aromatic N) is 4. The molecule has 0 atom stereocenters. The lowest BCUT2D eigenvalue weighted by Gasteiger charge is -2.39. The summed E-state index contributed by atoms with van der Waals surface area (Å²) in [6.07, 6.45) is 1.84. The number of carbonyl (C=O) groups excluding carboxylic acids is 1. The highest BCUT2D eigenvalue weighted by Gasteiger charge is 2.30. The average Bonchev–Trinajstić information content (AvgIpc) is 3.45. The molecule has 150 valence electrons. The van der Waals surface area contributed by atoms with Gasteiger partial charge in [-0.05, 0) is 38.1 Å². The van der Waals surface area contributed by atoms with Crippen molar-refractivity contribution >= 4 is 17.5 Å². The predicted molar refractivity (Wildman–Crippen MR) is 108 cm³/mol. The molecule has 1 aromatic carbocycles. The van der Waals surface area contributed by atoms with Gasteiger partial charge in [0.25, 0.3) is 0 Å². The topological polar surface area (TPSA) is 74.6 Å². The number of anilines is 1. The Balaban J connectivity index is 1.39. The van der Waals surface area contributed by atoms with Crippen LogP contribution in [0.1, 0.15) is 18.4 Å². The first-order valence-corrected chi connectivity index (χ1v) is 9.96. The van der Waals surface area contributed by atoms with Crippen LogP contribution in [0.15, 0.2) is 36.4 Å². The highest BCUT2D eigenvalue weighted by molar-refractivity contribution is 5.92. The van der Waals surface area contributed by atoms with Gasteiger partial charge in [-0.15, -0.1) is 5.10 Å². The van der Waals surface area contributed by atoms with Crippen LogP contribution in [0.5, 0.6) is 0 Å². The first-order valence-electron chi connectivity index (χ1n) is 9.96. The fourth-order valence-electron chi connectivity index (χ4n) is 3.69. The number of fused-ring (bicyclic) bond motifs is 1. The fraction of sp³-hybridized carbons (Fsp3) is 0.381. The van der Waals surface area contributed by atoms with E-state index in [1.807, 2.05) is 37.4 Å². The molecule has 1 aliphatic carbocycles. The smallest absolute Gasteiger partial charge is 0.249 e. The molecule has 1 aliphatic heterocycles. The highest BCUT2D eigenvalue weighted by Crippen LogP contribution is 2.30. The number of aromatic nitrogens is 3. The zero-order valence-electron chi connectivity index (χ0n) is 16.2. The Kier molecular flexibility index (Phi) is 4.52. The van der Waals surface area contributed by atoms with E-state index < -0.39 is 0 Å². The van der Waals surface area contributed by atoms with Crippen LogP contribution in [0.3, 0.4) is 0 Å². The molecule has 5 rings (SSSR count). The molecule has 0 radical (unpaired) electrons. The number of nitrogens with one attached hydrogen (secondary N) is 2. The molecule has 1 saturated carbocycles. The number of amides is 1. The standard InChI is InChI=1S/C21H23FN6O/c1-23-16-11-27(12-16)10-15-8-7-14(9-17(15)22)18-3-2-4-19-24-21(26-28(18)19)25-20(29)13-5-6-13/h2-4,7-9,13,16,23H,5-6,10-12H2,1H3,(H,25,26,29). The molecule has 2 aromatic heterocycles. The molecule has 0 unspecified atom stereocenters. The summed E-state index contributed by atoms with van der Waals surface area (Å²) >= 11 is 0. The first kappa shape index (κ1) is 18.2. The van der Waals surface area contributed by atoms with Gasteiger partial charge in [-0.3, -0.25) is 15.0 Å². The molecule has 1 saturated heterocycles. The maximum atomic E-state index is 14.8. The third-order valence-electron chi connectivity index (χ3n) is 5.65. The van der Waals surface area contributed by atoms with Crippen LogP contribution in [0, 0.1) is 11.7 Å². The summed E-state index contributed by atoms with van der Waals surface area (Å²) in [5, 5.41) is 10.4. The third kappa shape index (κ3) is 3.61. The normalized spacial score (nSPS) is 17.4. The van der Waals surface area contributed by atoms with Gasteiger partial charge in [0.05, 0.1) is 5.69 Å². The number of likely N-dealkylation sites (N-methyl/N-ethyl adjacent to an activating group) is 1. The SMILES string of the molecule is CNC1CN(Cc2ccc(-c3cccc4nc(NC(=O)C5CC5)nn34)cc2F)C1. The quantitative estimate of drug-likeness (QED) is 0.671.